The first kappa shape index (κ1) is 6.00. The average Bonchev–Trinajstić information content (AvgIpc) is 1.61. The van der Waals surface area contributed by atoms with Gasteiger partial charge in [0.25, 0.3) is 0 Å². The topological polar surface area (TPSA) is 26.0 Å². The summed E-state index contributed by atoms with van der Waals surface area (Å²) in [6.45, 7) is 0.651. The van der Waals surface area contributed by atoms with Crippen LogP contribution in [0.5, 0.6) is 0 Å². The van der Waals surface area contributed by atoms with Crippen LogP contribution in [-0.4, -0.2) is 6.54 Å². The monoisotopic (exact) mass is 147 g/mol. The summed E-state index contributed by atoms with van der Waals surface area (Å²) in [7, 11) is 0. The molecule has 0 aliphatic rings. The number of nitrogens with two attached hydrogens (primary N) is 1. The van der Waals surface area contributed by atoms with Gasteiger partial charge in [-0.15, -0.1) is 0 Å². The van der Waals surface area contributed by atoms with Crippen molar-refractivity contribution >= 4 is 15.9 Å². The van der Waals surface area contributed by atoms with E-state index in [0.29, 0.717) is 6.54 Å². The largest absolute Gasteiger partial charge is 0.330 e. The lowest BCUT2D eigenvalue weighted by molar-refractivity contribution is 1.03. The van der Waals surface area contributed by atoms with Crippen LogP contribution in [0.15, 0.2) is 0 Å². The number of halogens is 1. The summed E-state index contributed by atoms with van der Waals surface area (Å²) in [4.78, 5) is 2.55. The predicted octanol–water partition coefficient (Wildman–Crippen LogP) is 0.691. The van der Waals surface area contributed by atoms with Gasteiger partial charge in [0.1, 0.15) is 0 Å². The van der Waals surface area contributed by atoms with Gasteiger partial charge in [-0.3, -0.25) is 0 Å². The second kappa shape index (κ2) is 5.00. The molecule has 0 aromatic rings. The van der Waals surface area contributed by atoms with Crippen molar-refractivity contribution in [3.8, 4) is 10.8 Å². The minimum absolute atomic E-state index is 0.651. The Kier molecular flexibility index (Phi) is 5.00. The highest BCUT2D eigenvalue weighted by Gasteiger charge is 1.63. The molecule has 0 bridgehead atoms. The maximum absolute atomic E-state index is 5.09. The second-order valence-electron chi connectivity index (χ2n) is 0.810. The zero-order valence-electron chi connectivity index (χ0n) is 3.37. The van der Waals surface area contributed by atoms with Gasteiger partial charge in [-0.05, 0) is 4.83 Å². The molecule has 0 saturated carbocycles. The lowest BCUT2D eigenvalue weighted by atomic mass is 10.5. The van der Waals surface area contributed by atoms with Crippen LogP contribution in [0.4, 0.5) is 0 Å². The van der Waals surface area contributed by atoms with E-state index in [1.54, 1.807) is 0 Å². The fraction of sp³-hybridized carbons (Fsp3) is 0.500. The van der Waals surface area contributed by atoms with Gasteiger partial charge < -0.3 is 5.73 Å². The Morgan fingerprint density at radius 3 is 2.50 bits per heavy atom. The molecule has 2 heteroatoms. The van der Waals surface area contributed by atoms with Crippen molar-refractivity contribution in [3.63, 3.8) is 0 Å². The zero-order valence-corrected chi connectivity index (χ0v) is 4.96. The van der Waals surface area contributed by atoms with Crippen LogP contribution in [0.2, 0.25) is 0 Å². The van der Waals surface area contributed by atoms with Crippen molar-refractivity contribution in [2.24, 2.45) is 5.73 Å². The van der Waals surface area contributed by atoms with Crippen LogP contribution in [0.25, 0.3) is 0 Å². The van der Waals surface area contributed by atoms with E-state index in [4.69, 9.17) is 5.73 Å². The van der Waals surface area contributed by atoms with Crippen molar-refractivity contribution in [1.29, 1.82) is 0 Å². The molecule has 0 spiro atoms. The van der Waals surface area contributed by atoms with Crippen molar-refractivity contribution in [2.75, 3.05) is 6.54 Å². The predicted molar refractivity (Wildman–Crippen MR) is 30.4 cm³/mol. The third kappa shape index (κ3) is 4.00. The van der Waals surface area contributed by atoms with E-state index in [1.165, 1.54) is 0 Å². The van der Waals surface area contributed by atoms with Crippen molar-refractivity contribution in [2.45, 2.75) is 6.42 Å². The lowest BCUT2D eigenvalue weighted by Gasteiger charge is -1.72. The normalized spacial score (nSPS) is 6.33. The molecule has 0 aliphatic heterocycles. The van der Waals surface area contributed by atoms with Gasteiger partial charge in [0.2, 0.25) is 0 Å². The van der Waals surface area contributed by atoms with Crippen molar-refractivity contribution < 1.29 is 0 Å². The molecule has 0 fully saturated rings. The summed E-state index contributed by atoms with van der Waals surface area (Å²) in [5, 5.41) is 0. The summed E-state index contributed by atoms with van der Waals surface area (Å²) in [6.07, 6.45) is 0.783. The first-order chi connectivity index (χ1) is 2.91. The molecule has 0 aromatic carbocycles. The number of rotatable bonds is 1. The summed E-state index contributed by atoms with van der Waals surface area (Å²) in [5.41, 5.74) is 5.09. The quantitative estimate of drug-likeness (QED) is 0.544. The molecule has 0 atom stereocenters. The van der Waals surface area contributed by atoms with Crippen molar-refractivity contribution in [3.05, 3.63) is 0 Å². The lowest BCUT2D eigenvalue weighted by Crippen LogP contribution is -1.94. The Balaban J connectivity index is 2.79. The average molecular weight is 148 g/mol. The summed E-state index contributed by atoms with van der Waals surface area (Å²) >= 11 is 2.93. The molecule has 2 N–H and O–H groups in total. The van der Waals surface area contributed by atoms with E-state index in [0.717, 1.165) is 6.42 Å². The number of hydrogen-bond acceptors (Lipinski definition) is 1. The van der Waals surface area contributed by atoms with E-state index in [-0.39, 0.29) is 0 Å². The molecule has 1 nitrogen and oxygen atoms in total. The SMILES string of the molecule is NCCC#CBr. The van der Waals surface area contributed by atoms with Crippen LogP contribution in [0, 0.1) is 10.8 Å². The van der Waals surface area contributed by atoms with Gasteiger partial charge in [-0.2, -0.15) is 0 Å². The summed E-state index contributed by atoms with van der Waals surface area (Å²) in [6, 6.07) is 0. The van der Waals surface area contributed by atoms with Crippen LogP contribution >= 0.6 is 15.9 Å². The Morgan fingerprint density at radius 1 is 1.67 bits per heavy atom. The van der Waals surface area contributed by atoms with Crippen LogP contribution in [0.3, 0.4) is 0 Å². The van der Waals surface area contributed by atoms with E-state index < -0.39 is 0 Å². The molecule has 34 valence electrons. The highest BCUT2D eigenvalue weighted by molar-refractivity contribution is 9.12. The van der Waals surface area contributed by atoms with Gasteiger partial charge in [0.05, 0.1) is 0 Å². The third-order valence-corrected chi connectivity index (χ3v) is 0.617. The number of hydrogen-bond donors (Lipinski definition) is 1. The van der Waals surface area contributed by atoms with Crippen LogP contribution in [0.1, 0.15) is 6.42 Å². The van der Waals surface area contributed by atoms with Crippen LogP contribution in [-0.2, 0) is 0 Å². The molecule has 0 heterocycles. The molecule has 0 amide bonds. The molecule has 6 heavy (non-hydrogen) atoms. The molecular weight excluding hydrogens is 142 g/mol. The van der Waals surface area contributed by atoms with Gasteiger partial charge in [0.15, 0.2) is 0 Å². The third-order valence-electron chi connectivity index (χ3n) is 0.336. The van der Waals surface area contributed by atoms with E-state index >= 15 is 0 Å². The first-order valence-corrected chi connectivity index (χ1v) is 2.49. The van der Waals surface area contributed by atoms with E-state index in [1.807, 2.05) is 0 Å². The standard InChI is InChI=1S/C4H6BrN/c5-3-1-2-4-6/h2,4,6H2. The van der Waals surface area contributed by atoms with Crippen LogP contribution < -0.4 is 5.73 Å². The Morgan fingerprint density at radius 2 is 2.33 bits per heavy atom. The molecule has 0 saturated heterocycles. The Bertz CT molecular complexity index is 69.4. The molecular formula is C4H6BrN. The molecule has 0 aliphatic carbocycles. The van der Waals surface area contributed by atoms with E-state index in [2.05, 4.69) is 26.7 Å². The maximum atomic E-state index is 5.09. The molecule has 0 rings (SSSR count). The molecule has 0 unspecified atom stereocenters. The summed E-state index contributed by atoms with van der Waals surface area (Å²) in [5.74, 6) is 2.74. The fourth-order valence-corrected chi connectivity index (χ4v) is 0.318. The van der Waals surface area contributed by atoms with Crippen molar-refractivity contribution in [1.82, 2.24) is 0 Å². The highest BCUT2D eigenvalue weighted by atomic mass is 79.9. The zero-order chi connectivity index (χ0) is 4.83. The van der Waals surface area contributed by atoms with Gasteiger partial charge >= 0.3 is 0 Å². The highest BCUT2D eigenvalue weighted by Crippen LogP contribution is 1.71. The first-order valence-electron chi connectivity index (χ1n) is 1.70. The van der Waals surface area contributed by atoms with Gasteiger partial charge in [-0.1, -0.05) is 5.92 Å². The van der Waals surface area contributed by atoms with E-state index in [9.17, 15) is 0 Å². The second-order valence-corrected chi connectivity index (χ2v) is 1.21. The van der Waals surface area contributed by atoms with Gasteiger partial charge in [-0.25, -0.2) is 0 Å². The smallest absolute Gasteiger partial charge is 0.0221 e. The minimum Gasteiger partial charge on any atom is -0.330 e. The molecule has 0 aromatic heterocycles. The Hall–Kier alpha value is 0. The molecule has 0 radical (unpaired) electrons. The summed E-state index contributed by atoms with van der Waals surface area (Å²) < 4.78 is 0. The minimum atomic E-state index is 0.651. The maximum Gasteiger partial charge on any atom is 0.0221 e. The Labute approximate surface area is 46.0 Å². The van der Waals surface area contributed by atoms with Gasteiger partial charge in [0, 0.05) is 28.9 Å². The fourth-order valence-electron chi connectivity index (χ4n) is 0.119.